The van der Waals surface area contributed by atoms with Crippen LogP contribution < -0.4 is 10.0 Å². The highest BCUT2D eigenvalue weighted by Gasteiger charge is 2.29. The molecular weight excluding hydrogens is 454 g/mol. The van der Waals surface area contributed by atoms with Crippen molar-refractivity contribution >= 4 is 44.3 Å². The maximum Gasteiger partial charge on any atom is 0.263 e. The predicted octanol–water partition coefficient (Wildman–Crippen LogP) is 2.58. The van der Waals surface area contributed by atoms with Crippen LogP contribution in [0.1, 0.15) is 25.8 Å². The molecule has 34 heavy (non-hydrogen) atoms. The van der Waals surface area contributed by atoms with Gasteiger partial charge in [-0.05, 0) is 50.2 Å². The number of amidine groups is 1. The second-order valence-electron chi connectivity index (χ2n) is 7.91. The molecule has 0 saturated heterocycles. The number of hydrogen-bond acceptors (Lipinski definition) is 5. The molecule has 0 unspecified atom stereocenters. The molecule has 0 fully saturated rings. The highest BCUT2D eigenvalue weighted by atomic mass is 32.2. The summed E-state index contributed by atoms with van der Waals surface area (Å²) in [6.45, 7) is 5.68. The second kappa shape index (κ2) is 9.68. The van der Waals surface area contributed by atoms with Crippen molar-refractivity contribution in [2.75, 3.05) is 25.0 Å². The maximum absolute atomic E-state index is 12.4. The Hall–Kier alpha value is -3.66. The molecule has 1 aliphatic rings. The monoisotopic (exact) mass is 481 g/mol. The fourth-order valence-electron chi connectivity index (χ4n) is 3.98. The van der Waals surface area contributed by atoms with Gasteiger partial charge in [0.2, 0.25) is 11.8 Å². The number of likely N-dealkylation sites (N-methyl/N-ethyl adjacent to an activating group) is 1. The largest absolute Gasteiger partial charge is 0.342 e. The van der Waals surface area contributed by atoms with Crippen LogP contribution in [-0.4, -0.2) is 55.2 Å². The van der Waals surface area contributed by atoms with Crippen LogP contribution in [0.3, 0.4) is 0 Å². The first-order valence-electron chi connectivity index (χ1n) is 11.2. The van der Waals surface area contributed by atoms with Gasteiger partial charge in [0.25, 0.3) is 10.0 Å². The lowest BCUT2D eigenvalue weighted by molar-refractivity contribution is -0.131. The lowest BCUT2D eigenvalue weighted by Crippen LogP contribution is -2.33. The van der Waals surface area contributed by atoms with Crippen molar-refractivity contribution in [2.24, 2.45) is 4.99 Å². The third-order valence-electron chi connectivity index (χ3n) is 5.75. The molecule has 1 aliphatic heterocycles. The molecule has 0 bridgehead atoms. The van der Waals surface area contributed by atoms with Crippen molar-refractivity contribution < 1.29 is 18.0 Å². The van der Waals surface area contributed by atoms with Crippen LogP contribution in [-0.2, 0) is 26.2 Å². The summed E-state index contributed by atoms with van der Waals surface area (Å²) < 4.78 is 28.6. The van der Waals surface area contributed by atoms with E-state index in [0.717, 1.165) is 10.9 Å². The average molecular weight is 482 g/mol. The summed E-state index contributed by atoms with van der Waals surface area (Å²) in [4.78, 5) is 31.1. The molecule has 2 N–H and O–H groups in total. The number of sulfonamides is 1. The summed E-state index contributed by atoms with van der Waals surface area (Å²) in [5.74, 6) is 0.0908. The van der Waals surface area contributed by atoms with Gasteiger partial charge in [0, 0.05) is 47.9 Å². The Kier molecular flexibility index (Phi) is 6.69. The number of anilines is 1. The Morgan fingerprint density at radius 1 is 1.09 bits per heavy atom. The third kappa shape index (κ3) is 4.81. The minimum atomic E-state index is -3.60. The molecule has 178 valence electrons. The van der Waals surface area contributed by atoms with Gasteiger partial charge in [-0.25, -0.2) is 8.42 Å². The van der Waals surface area contributed by atoms with Crippen molar-refractivity contribution in [3.8, 4) is 0 Å². The summed E-state index contributed by atoms with van der Waals surface area (Å²) in [5.41, 5.74) is 2.07. The molecule has 0 radical (unpaired) electrons. The topological polar surface area (TPSA) is 113 Å². The SMILES string of the molecule is CCN(CC)C(=O)Cn1ccc2cc(NC(=O)CCN=C3NS(=O)(=O)c4ccccc43)ccc21. The van der Waals surface area contributed by atoms with E-state index in [4.69, 9.17) is 0 Å². The fraction of sp³-hybridized carbons (Fsp3) is 0.292. The highest BCUT2D eigenvalue weighted by Crippen LogP contribution is 2.23. The van der Waals surface area contributed by atoms with E-state index in [0.29, 0.717) is 24.3 Å². The van der Waals surface area contributed by atoms with Crippen LogP contribution >= 0.6 is 0 Å². The molecule has 2 heterocycles. The first kappa shape index (κ1) is 23.5. The van der Waals surface area contributed by atoms with Gasteiger partial charge in [0.05, 0.1) is 11.4 Å². The zero-order chi connectivity index (χ0) is 24.3. The highest BCUT2D eigenvalue weighted by molar-refractivity contribution is 7.90. The Morgan fingerprint density at radius 2 is 1.85 bits per heavy atom. The number of fused-ring (bicyclic) bond motifs is 2. The van der Waals surface area contributed by atoms with Crippen LogP contribution in [0.25, 0.3) is 10.9 Å². The van der Waals surface area contributed by atoms with Gasteiger partial charge in [-0.3, -0.25) is 19.3 Å². The Labute approximate surface area is 198 Å². The normalized spacial score (nSPS) is 15.2. The summed E-state index contributed by atoms with van der Waals surface area (Å²) in [6.07, 6.45) is 1.97. The smallest absolute Gasteiger partial charge is 0.263 e. The number of aliphatic imine (C=N–C) groups is 1. The number of carbonyl (C=O) groups is 2. The van der Waals surface area contributed by atoms with E-state index in [2.05, 4.69) is 15.0 Å². The molecule has 0 atom stereocenters. The number of nitrogens with one attached hydrogen (secondary N) is 2. The van der Waals surface area contributed by atoms with E-state index in [-0.39, 0.29) is 42.1 Å². The molecule has 0 saturated carbocycles. The first-order chi connectivity index (χ1) is 16.3. The molecule has 2 aromatic carbocycles. The van der Waals surface area contributed by atoms with Crippen LogP contribution in [0.5, 0.6) is 0 Å². The molecule has 2 amide bonds. The van der Waals surface area contributed by atoms with E-state index < -0.39 is 10.0 Å². The molecule has 0 aliphatic carbocycles. The summed E-state index contributed by atoms with van der Waals surface area (Å²) in [6, 6.07) is 14.1. The minimum absolute atomic E-state index is 0.0636. The zero-order valence-electron chi connectivity index (χ0n) is 19.1. The Bertz CT molecular complexity index is 1370. The second-order valence-corrected chi connectivity index (χ2v) is 9.56. The number of amides is 2. The van der Waals surface area contributed by atoms with Gasteiger partial charge in [-0.2, -0.15) is 0 Å². The van der Waals surface area contributed by atoms with E-state index in [1.807, 2.05) is 42.8 Å². The van der Waals surface area contributed by atoms with Gasteiger partial charge < -0.3 is 14.8 Å². The van der Waals surface area contributed by atoms with E-state index in [1.54, 1.807) is 29.2 Å². The minimum Gasteiger partial charge on any atom is -0.342 e. The molecule has 0 spiro atoms. The number of hydrogen-bond donors (Lipinski definition) is 2. The molecule has 4 rings (SSSR count). The van der Waals surface area contributed by atoms with Gasteiger partial charge in [-0.1, -0.05) is 12.1 Å². The van der Waals surface area contributed by atoms with E-state index >= 15 is 0 Å². The fourth-order valence-corrected chi connectivity index (χ4v) is 5.23. The molecule has 10 heteroatoms. The quantitative estimate of drug-likeness (QED) is 0.515. The molecule has 9 nitrogen and oxygen atoms in total. The van der Waals surface area contributed by atoms with Crippen molar-refractivity contribution in [2.45, 2.75) is 31.7 Å². The zero-order valence-corrected chi connectivity index (χ0v) is 19.9. The predicted molar refractivity (Wildman–Crippen MR) is 131 cm³/mol. The summed E-state index contributed by atoms with van der Waals surface area (Å²) in [5, 5.41) is 3.77. The van der Waals surface area contributed by atoms with Gasteiger partial charge in [-0.15, -0.1) is 0 Å². The average Bonchev–Trinajstić information content (AvgIpc) is 3.32. The lowest BCUT2D eigenvalue weighted by atomic mass is 10.2. The number of aromatic nitrogens is 1. The number of rotatable bonds is 8. The van der Waals surface area contributed by atoms with Crippen LogP contribution in [0.15, 0.2) is 64.6 Å². The maximum atomic E-state index is 12.4. The lowest BCUT2D eigenvalue weighted by Gasteiger charge is -2.19. The van der Waals surface area contributed by atoms with Crippen molar-refractivity contribution in [3.05, 3.63) is 60.3 Å². The first-order valence-corrected chi connectivity index (χ1v) is 12.6. The standard InChI is InChI=1S/C24H27N5O4S/c1-3-28(4-2)23(31)16-29-14-12-17-15-18(9-10-20(17)29)26-22(30)11-13-25-24-19-7-5-6-8-21(19)34(32,33)27-24/h5-10,12,14-15H,3-4,11,13,16H2,1-2H3,(H,25,27)(H,26,30). The van der Waals surface area contributed by atoms with Crippen molar-refractivity contribution in [3.63, 3.8) is 0 Å². The Balaban J connectivity index is 1.37. The number of carbonyl (C=O) groups excluding carboxylic acids is 2. The number of nitrogens with zero attached hydrogens (tertiary/aromatic N) is 3. The molecule has 3 aromatic rings. The van der Waals surface area contributed by atoms with Gasteiger partial charge in [0.15, 0.2) is 0 Å². The van der Waals surface area contributed by atoms with Crippen LogP contribution in [0.4, 0.5) is 5.69 Å². The van der Waals surface area contributed by atoms with Gasteiger partial charge >= 0.3 is 0 Å². The summed E-state index contributed by atoms with van der Waals surface area (Å²) in [7, 11) is -3.60. The van der Waals surface area contributed by atoms with Crippen LogP contribution in [0, 0.1) is 0 Å². The molecule has 1 aromatic heterocycles. The van der Waals surface area contributed by atoms with E-state index in [9.17, 15) is 18.0 Å². The number of benzene rings is 2. The third-order valence-corrected chi connectivity index (χ3v) is 7.15. The molecular formula is C24H27N5O4S. The Morgan fingerprint density at radius 3 is 2.62 bits per heavy atom. The van der Waals surface area contributed by atoms with E-state index in [1.165, 1.54) is 6.07 Å². The van der Waals surface area contributed by atoms with Gasteiger partial charge in [0.1, 0.15) is 12.4 Å². The summed E-state index contributed by atoms with van der Waals surface area (Å²) >= 11 is 0. The van der Waals surface area contributed by atoms with Crippen LogP contribution in [0.2, 0.25) is 0 Å². The van der Waals surface area contributed by atoms with Crippen molar-refractivity contribution in [1.29, 1.82) is 0 Å². The van der Waals surface area contributed by atoms with Crippen molar-refractivity contribution in [1.82, 2.24) is 14.2 Å².